The summed E-state index contributed by atoms with van der Waals surface area (Å²) in [6, 6.07) is 8.33. The molecule has 1 aromatic heterocycles. The molecule has 1 aromatic carbocycles. The summed E-state index contributed by atoms with van der Waals surface area (Å²) in [6.07, 6.45) is 8.06. The van der Waals surface area contributed by atoms with Crippen LogP contribution < -0.4 is 0 Å². The Hall–Kier alpha value is -1.36. The zero-order valence-corrected chi connectivity index (χ0v) is 17.1. The van der Waals surface area contributed by atoms with Gasteiger partial charge in [-0.15, -0.1) is 0 Å². The number of imidazole rings is 1. The third-order valence-electron chi connectivity index (χ3n) is 6.43. The maximum Gasteiger partial charge on any atom is 0.122 e. The summed E-state index contributed by atoms with van der Waals surface area (Å²) >= 11 is 6.00. The highest BCUT2D eigenvalue weighted by Gasteiger charge is 2.32. The molecule has 0 saturated carbocycles. The quantitative estimate of drug-likeness (QED) is 0.740. The van der Waals surface area contributed by atoms with E-state index in [1.165, 1.54) is 56.8 Å². The Balaban J connectivity index is 1.23. The minimum absolute atomic E-state index is 0.825. The van der Waals surface area contributed by atoms with Crippen LogP contribution in [0.3, 0.4) is 0 Å². The lowest BCUT2D eigenvalue weighted by Crippen LogP contribution is -2.37. The zero-order valence-electron chi connectivity index (χ0n) is 16.4. The molecule has 0 spiro atoms. The topological polar surface area (TPSA) is 24.3 Å². The monoisotopic (exact) mass is 386 g/mol. The predicted octanol–water partition coefficient (Wildman–Crippen LogP) is 4.29. The van der Waals surface area contributed by atoms with Crippen molar-refractivity contribution < 1.29 is 0 Å². The number of piperidine rings is 1. The lowest BCUT2D eigenvalue weighted by Gasteiger charge is -2.34. The maximum absolute atomic E-state index is 6.00. The van der Waals surface area contributed by atoms with E-state index in [0.29, 0.717) is 0 Å². The summed E-state index contributed by atoms with van der Waals surface area (Å²) in [5.41, 5.74) is 1.38. The van der Waals surface area contributed by atoms with Crippen LogP contribution in [0, 0.1) is 11.8 Å². The van der Waals surface area contributed by atoms with Crippen molar-refractivity contribution in [1.29, 1.82) is 0 Å². The van der Waals surface area contributed by atoms with Gasteiger partial charge in [-0.25, -0.2) is 4.98 Å². The molecule has 0 amide bonds. The van der Waals surface area contributed by atoms with E-state index in [-0.39, 0.29) is 0 Å². The number of nitrogens with zero attached hydrogens (tertiary/aromatic N) is 4. The number of halogens is 1. The van der Waals surface area contributed by atoms with Crippen LogP contribution in [0.2, 0.25) is 5.02 Å². The van der Waals surface area contributed by atoms with Crippen molar-refractivity contribution in [2.75, 3.05) is 26.2 Å². The van der Waals surface area contributed by atoms with Gasteiger partial charge in [0.05, 0.1) is 6.54 Å². The molecule has 5 heteroatoms. The smallest absolute Gasteiger partial charge is 0.122 e. The fourth-order valence-electron chi connectivity index (χ4n) is 4.80. The van der Waals surface area contributed by atoms with E-state index in [0.717, 1.165) is 36.5 Å². The number of hydrogen-bond donors (Lipinski definition) is 0. The molecular weight excluding hydrogens is 356 g/mol. The zero-order chi connectivity index (χ0) is 18.6. The van der Waals surface area contributed by atoms with Gasteiger partial charge in [0.2, 0.25) is 0 Å². The van der Waals surface area contributed by atoms with Gasteiger partial charge in [0.15, 0.2) is 0 Å². The molecule has 2 fully saturated rings. The van der Waals surface area contributed by atoms with Crippen molar-refractivity contribution in [3.05, 3.63) is 53.1 Å². The molecule has 0 radical (unpaired) electrons. The summed E-state index contributed by atoms with van der Waals surface area (Å²) in [7, 11) is 0. The van der Waals surface area contributed by atoms with E-state index in [4.69, 9.17) is 11.6 Å². The SMILES string of the molecule is CCn1ccnc1CN1CCC([C@@H]2CCN(Cc3ccc(Cl)cc3)C2)CC1. The molecule has 2 aromatic rings. The summed E-state index contributed by atoms with van der Waals surface area (Å²) < 4.78 is 2.26. The second kappa shape index (κ2) is 8.76. The summed E-state index contributed by atoms with van der Waals surface area (Å²) in [6.45, 7) is 10.2. The molecule has 4 nitrogen and oxygen atoms in total. The molecular formula is C22H31ClN4. The van der Waals surface area contributed by atoms with Crippen molar-refractivity contribution in [2.24, 2.45) is 11.8 Å². The minimum atomic E-state index is 0.825. The lowest BCUT2D eigenvalue weighted by molar-refractivity contribution is 0.137. The van der Waals surface area contributed by atoms with Crippen LogP contribution in [0.25, 0.3) is 0 Å². The number of likely N-dealkylation sites (tertiary alicyclic amines) is 2. The first-order valence-electron chi connectivity index (χ1n) is 10.4. The van der Waals surface area contributed by atoms with Gasteiger partial charge in [-0.05, 0) is 75.4 Å². The van der Waals surface area contributed by atoms with Crippen LogP contribution >= 0.6 is 11.6 Å². The predicted molar refractivity (Wildman–Crippen MR) is 111 cm³/mol. The molecule has 0 bridgehead atoms. The van der Waals surface area contributed by atoms with E-state index in [1.807, 2.05) is 18.3 Å². The van der Waals surface area contributed by atoms with Crippen molar-refractivity contribution in [1.82, 2.24) is 19.4 Å². The van der Waals surface area contributed by atoms with Gasteiger partial charge < -0.3 is 4.57 Å². The Kier molecular flexibility index (Phi) is 6.16. The molecule has 0 N–H and O–H groups in total. The van der Waals surface area contributed by atoms with Crippen LogP contribution in [0.15, 0.2) is 36.7 Å². The Morgan fingerprint density at radius 3 is 2.41 bits per heavy atom. The van der Waals surface area contributed by atoms with Gasteiger partial charge in [0, 0.05) is 37.1 Å². The Morgan fingerprint density at radius 1 is 0.963 bits per heavy atom. The third-order valence-corrected chi connectivity index (χ3v) is 6.69. The summed E-state index contributed by atoms with van der Waals surface area (Å²) in [5.74, 6) is 2.98. The van der Waals surface area contributed by atoms with Gasteiger partial charge in [0.1, 0.15) is 5.82 Å². The van der Waals surface area contributed by atoms with Crippen molar-refractivity contribution in [3.63, 3.8) is 0 Å². The van der Waals surface area contributed by atoms with Crippen LogP contribution in [0.1, 0.15) is 37.6 Å². The van der Waals surface area contributed by atoms with E-state index in [9.17, 15) is 0 Å². The second-order valence-corrected chi connectivity index (χ2v) is 8.59. The molecule has 0 aliphatic carbocycles. The highest BCUT2D eigenvalue weighted by Crippen LogP contribution is 2.32. The summed E-state index contributed by atoms with van der Waals surface area (Å²) in [4.78, 5) is 9.75. The third kappa shape index (κ3) is 4.74. The van der Waals surface area contributed by atoms with E-state index in [1.54, 1.807) is 0 Å². The van der Waals surface area contributed by atoms with E-state index in [2.05, 4.69) is 44.6 Å². The summed E-state index contributed by atoms with van der Waals surface area (Å²) in [5, 5.41) is 0.825. The largest absolute Gasteiger partial charge is 0.334 e. The minimum Gasteiger partial charge on any atom is -0.334 e. The van der Waals surface area contributed by atoms with Crippen LogP contribution in [0.4, 0.5) is 0 Å². The molecule has 2 aliphatic rings. The molecule has 27 heavy (non-hydrogen) atoms. The van der Waals surface area contributed by atoms with E-state index >= 15 is 0 Å². The Labute approximate surface area is 168 Å². The Morgan fingerprint density at radius 2 is 1.67 bits per heavy atom. The normalized spacial score (nSPS) is 22.5. The fourth-order valence-corrected chi connectivity index (χ4v) is 4.93. The molecule has 0 unspecified atom stereocenters. The first-order valence-corrected chi connectivity index (χ1v) is 10.8. The number of aryl methyl sites for hydroxylation is 1. The molecule has 1 atom stereocenters. The lowest BCUT2D eigenvalue weighted by atomic mass is 9.84. The van der Waals surface area contributed by atoms with Gasteiger partial charge in [-0.2, -0.15) is 0 Å². The van der Waals surface area contributed by atoms with Crippen molar-refractivity contribution in [3.8, 4) is 0 Å². The molecule has 3 heterocycles. The average molecular weight is 387 g/mol. The van der Waals surface area contributed by atoms with Crippen molar-refractivity contribution in [2.45, 2.75) is 45.8 Å². The average Bonchev–Trinajstić information content (AvgIpc) is 3.33. The van der Waals surface area contributed by atoms with Crippen LogP contribution in [-0.2, 0) is 19.6 Å². The fraction of sp³-hybridized carbons (Fsp3) is 0.591. The molecule has 146 valence electrons. The number of rotatable bonds is 6. The highest BCUT2D eigenvalue weighted by atomic mass is 35.5. The highest BCUT2D eigenvalue weighted by molar-refractivity contribution is 6.30. The first kappa shape index (κ1) is 19.0. The van der Waals surface area contributed by atoms with Crippen LogP contribution in [-0.4, -0.2) is 45.5 Å². The molecule has 4 rings (SSSR count). The second-order valence-electron chi connectivity index (χ2n) is 8.15. The van der Waals surface area contributed by atoms with E-state index < -0.39 is 0 Å². The van der Waals surface area contributed by atoms with Gasteiger partial charge in [-0.1, -0.05) is 23.7 Å². The molecule has 2 aliphatic heterocycles. The van der Waals surface area contributed by atoms with Gasteiger partial charge in [0.25, 0.3) is 0 Å². The van der Waals surface area contributed by atoms with Gasteiger partial charge in [-0.3, -0.25) is 9.80 Å². The standard InChI is InChI=1S/C22H31ClN4/c1-2-27-14-10-24-22(27)17-25-11-7-19(8-12-25)20-9-13-26(16-20)15-18-3-5-21(23)6-4-18/h3-6,10,14,19-20H,2,7-9,11-13,15-17H2,1H3/t20-/m1/s1. The van der Waals surface area contributed by atoms with Crippen LogP contribution in [0.5, 0.6) is 0 Å². The number of hydrogen-bond acceptors (Lipinski definition) is 3. The number of benzene rings is 1. The Bertz CT molecular complexity index is 718. The van der Waals surface area contributed by atoms with Crippen molar-refractivity contribution >= 4 is 11.6 Å². The van der Waals surface area contributed by atoms with Gasteiger partial charge >= 0.3 is 0 Å². The first-order chi connectivity index (χ1) is 13.2. The maximum atomic E-state index is 6.00. The number of aromatic nitrogens is 2. The molecule has 2 saturated heterocycles.